The van der Waals surface area contributed by atoms with Crippen LogP contribution >= 0.6 is 8.60 Å². The molecule has 1 radical (unpaired) electrons. The molecule has 0 spiro atoms. The maximum Gasteiger partial charge on any atom is 0.324 e. The van der Waals surface area contributed by atoms with Crippen molar-refractivity contribution in [3.05, 3.63) is 0 Å². The van der Waals surface area contributed by atoms with E-state index in [1.165, 1.54) is 0 Å². The molecule has 0 heterocycles. The van der Waals surface area contributed by atoms with E-state index < -0.39 is 8.60 Å². The van der Waals surface area contributed by atoms with Crippen LogP contribution in [0.5, 0.6) is 0 Å². The van der Waals surface area contributed by atoms with Crippen molar-refractivity contribution >= 4 is 8.60 Å². The molecule has 0 bridgehead atoms. The van der Waals surface area contributed by atoms with Gasteiger partial charge in [0.2, 0.25) is 0 Å². The summed E-state index contributed by atoms with van der Waals surface area (Å²) >= 11 is 0. The van der Waals surface area contributed by atoms with Gasteiger partial charge in [-0.3, -0.25) is 0 Å². The summed E-state index contributed by atoms with van der Waals surface area (Å²) in [7, 11) is -2.62. The van der Waals surface area contributed by atoms with E-state index in [1.807, 2.05) is 0 Å². The summed E-state index contributed by atoms with van der Waals surface area (Å²) < 4.78 is 0. The largest absolute Gasteiger partial charge is 0.328 e. The summed E-state index contributed by atoms with van der Waals surface area (Å²) in [5.74, 6) is 0. The molecule has 0 saturated carbocycles. The monoisotopic (exact) mass is 325 g/mol. The van der Waals surface area contributed by atoms with Crippen molar-refractivity contribution in [3.63, 3.8) is 0 Å². The van der Waals surface area contributed by atoms with E-state index in [9.17, 15) is 0 Å². The molecule has 0 aliphatic heterocycles. The minimum absolute atomic E-state index is 0. The SMILES string of the molecule is OP(O)O.[Co].[W]. The van der Waals surface area contributed by atoms with E-state index in [1.54, 1.807) is 0 Å². The van der Waals surface area contributed by atoms with Gasteiger partial charge in [-0.05, 0) is 0 Å². The molecule has 0 aromatic carbocycles. The van der Waals surface area contributed by atoms with Gasteiger partial charge in [0.25, 0.3) is 0 Å². The second-order valence-corrected chi connectivity index (χ2v) is 0.805. The predicted octanol–water partition coefficient (Wildman–Crippen LogP) is -0.815. The van der Waals surface area contributed by atoms with Gasteiger partial charge in [-0.1, -0.05) is 0 Å². The van der Waals surface area contributed by atoms with Crippen LogP contribution in [0.1, 0.15) is 0 Å². The van der Waals surface area contributed by atoms with Gasteiger partial charge in [0.1, 0.15) is 0 Å². The molecular formula is H3CoO3PW. The van der Waals surface area contributed by atoms with Gasteiger partial charge in [0.15, 0.2) is 0 Å². The van der Waals surface area contributed by atoms with Crippen LogP contribution in [0, 0.1) is 0 Å². The van der Waals surface area contributed by atoms with Crippen LogP contribution in [-0.2, 0) is 37.8 Å². The Bertz CT molecular complexity index is 15.5. The van der Waals surface area contributed by atoms with Crippen LogP contribution in [0.15, 0.2) is 0 Å². The average molecular weight is 325 g/mol. The van der Waals surface area contributed by atoms with Crippen LogP contribution < -0.4 is 0 Å². The number of rotatable bonds is 0. The molecule has 0 atom stereocenters. The molecule has 0 amide bonds. The van der Waals surface area contributed by atoms with Gasteiger partial charge in [-0.15, -0.1) is 0 Å². The van der Waals surface area contributed by atoms with Crippen LogP contribution in [0.2, 0.25) is 0 Å². The normalized spacial score (nSPS) is 6.00. The van der Waals surface area contributed by atoms with E-state index in [-0.39, 0.29) is 37.8 Å². The molecule has 0 aromatic heterocycles. The van der Waals surface area contributed by atoms with E-state index in [2.05, 4.69) is 0 Å². The Kier molecular flexibility index (Phi) is 25.3. The second kappa shape index (κ2) is 9.71. The molecule has 6 heavy (non-hydrogen) atoms. The Balaban J connectivity index is -0.0000000450. The van der Waals surface area contributed by atoms with Crippen LogP contribution in [0.25, 0.3) is 0 Å². The standard InChI is InChI=1S/Co.H3O3P.W/c;1-4(2)3;/h;1-3H;. The maximum atomic E-state index is 7.23. The fourth-order valence-corrected chi connectivity index (χ4v) is 0. The van der Waals surface area contributed by atoms with Gasteiger partial charge >= 0.3 is 8.60 Å². The molecule has 0 aromatic rings. The van der Waals surface area contributed by atoms with Gasteiger partial charge in [0.05, 0.1) is 0 Å². The molecule has 0 aliphatic carbocycles. The molecule has 0 saturated heterocycles. The molecule has 0 unspecified atom stereocenters. The number of hydrogen-bond donors (Lipinski definition) is 3. The first-order valence-corrected chi connectivity index (χ1v) is 1.80. The first-order chi connectivity index (χ1) is 1.73. The minimum atomic E-state index is -2.62. The van der Waals surface area contributed by atoms with Crippen molar-refractivity contribution in [2.75, 3.05) is 0 Å². The third-order valence-corrected chi connectivity index (χ3v) is 0. The Hall–Kier alpha value is 1.50. The summed E-state index contributed by atoms with van der Waals surface area (Å²) in [6.45, 7) is 0. The quantitative estimate of drug-likeness (QED) is 0.511. The summed E-state index contributed by atoms with van der Waals surface area (Å²) in [5.41, 5.74) is 0. The van der Waals surface area contributed by atoms with Crippen molar-refractivity contribution in [1.82, 2.24) is 0 Å². The zero-order valence-corrected chi connectivity index (χ0v) is 7.40. The Morgan fingerprint density at radius 1 is 1.00 bits per heavy atom. The van der Waals surface area contributed by atoms with Crippen molar-refractivity contribution in [3.8, 4) is 0 Å². The smallest absolute Gasteiger partial charge is 0.324 e. The zero-order chi connectivity index (χ0) is 3.58. The van der Waals surface area contributed by atoms with Crippen LogP contribution in [-0.4, -0.2) is 14.7 Å². The van der Waals surface area contributed by atoms with E-state index in [0.29, 0.717) is 0 Å². The number of hydrogen-bond acceptors (Lipinski definition) is 3. The average Bonchev–Trinajstić information content (AvgIpc) is 0.811. The minimum Gasteiger partial charge on any atom is -0.328 e. The maximum absolute atomic E-state index is 7.23. The Labute approximate surface area is 61.2 Å². The van der Waals surface area contributed by atoms with Crippen molar-refractivity contribution < 1.29 is 52.5 Å². The Morgan fingerprint density at radius 3 is 1.00 bits per heavy atom. The summed E-state index contributed by atoms with van der Waals surface area (Å²) in [6.07, 6.45) is 0. The molecular weight excluding hydrogens is 322 g/mol. The first-order valence-electron chi connectivity index (χ1n) is 0.600. The Morgan fingerprint density at radius 2 is 1.00 bits per heavy atom. The molecule has 3 nitrogen and oxygen atoms in total. The van der Waals surface area contributed by atoms with E-state index in [0.717, 1.165) is 0 Å². The van der Waals surface area contributed by atoms with E-state index in [4.69, 9.17) is 14.7 Å². The summed E-state index contributed by atoms with van der Waals surface area (Å²) in [5, 5.41) is 0. The summed E-state index contributed by atoms with van der Waals surface area (Å²) in [6, 6.07) is 0. The topological polar surface area (TPSA) is 60.7 Å². The summed E-state index contributed by atoms with van der Waals surface area (Å²) in [4.78, 5) is 21.7. The first kappa shape index (κ1) is 15.6. The molecule has 0 rings (SSSR count). The van der Waals surface area contributed by atoms with E-state index >= 15 is 0 Å². The third-order valence-electron chi connectivity index (χ3n) is 0. The van der Waals surface area contributed by atoms with Crippen molar-refractivity contribution in [2.45, 2.75) is 0 Å². The van der Waals surface area contributed by atoms with Crippen molar-refractivity contribution in [2.24, 2.45) is 0 Å². The zero-order valence-electron chi connectivity index (χ0n) is 2.53. The van der Waals surface area contributed by atoms with Crippen molar-refractivity contribution in [1.29, 1.82) is 0 Å². The third kappa shape index (κ3) is 49.3. The van der Waals surface area contributed by atoms with Crippen LogP contribution in [0.3, 0.4) is 0 Å². The molecule has 6 heteroatoms. The predicted molar refractivity (Wildman–Crippen MR) is 13.6 cm³/mol. The van der Waals surface area contributed by atoms with Crippen LogP contribution in [0.4, 0.5) is 0 Å². The molecule has 3 N–H and O–H groups in total. The molecule has 0 fully saturated rings. The molecule has 41 valence electrons. The fraction of sp³-hybridized carbons (Fsp3) is 0. The van der Waals surface area contributed by atoms with Gasteiger partial charge < -0.3 is 14.7 Å². The van der Waals surface area contributed by atoms with Gasteiger partial charge in [0, 0.05) is 37.8 Å². The second-order valence-electron chi connectivity index (χ2n) is 0.268. The molecule has 0 aliphatic rings. The van der Waals surface area contributed by atoms with Gasteiger partial charge in [-0.25, -0.2) is 0 Å². The van der Waals surface area contributed by atoms with Gasteiger partial charge in [-0.2, -0.15) is 0 Å². The fourth-order valence-electron chi connectivity index (χ4n) is 0.